The van der Waals surface area contributed by atoms with Crippen LogP contribution in [0.3, 0.4) is 0 Å². The van der Waals surface area contributed by atoms with Gasteiger partial charge in [-0.2, -0.15) is 0 Å². The molecule has 1 amide bonds. The topological polar surface area (TPSA) is 99.1 Å². The van der Waals surface area contributed by atoms with E-state index >= 15 is 0 Å². The van der Waals surface area contributed by atoms with E-state index in [2.05, 4.69) is 5.32 Å². The van der Waals surface area contributed by atoms with Crippen molar-refractivity contribution in [1.82, 2.24) is 9.13 Å². The summed E-state index contributed by atoms with van der Waals surface area (Å²) in [5.74, 6) is -0.482. The van der Waals surface area contributed by atoms with Gasteiger partial charge in [0.2, 0.25) is 5.91 Å². The number of anilines is 2. The quantitative estimate of drug-likeness (QED) is 0.737. The summed E-state index contributed by atoms with van der Waals surface area (Å²) in [4.78, 5) is 38.1. The molecule has 8 heteroatoms. The lowest BCUT2D eigenvalue weighted by Crippen LogP contribution is -2.42. The van der Waals surface area contributed by atoms with Crippen LogP contribution >= 0.6 is 11.3 Å². The first-order valence-electron chi connectivity index (χ1n) is 8.15. The molecule has 2 aromatic heterocycles. The largest absolute Gasteiger partial charge is 0.383 e. The summed E-state index contributed by atoms with van der Waals surface area (Å²) in [6.07, 6.45) is 4.30. The van der Waals surface area contributed by atoms with E-state index in [0.717, 1.165) is 9.44 Å². The van der Waals surface area contributed by atoms with E-state index in [1.807, 2.05) is 31.4 Å². The van der Waals surface area contributed by atoms with Crippen LogP contribution in [-0.2, 0) is 17.9 Å². The lowest BCUT2D eigenvalue weighted by Gasteiger charge is -2.16. The average Bonchev–Trinajstić information content (AvgIpc) is 3.11. The van der Waals surface area contributed by atoms with Crippen LogP contribution in [0.2, 0.25) is 0 Å². The molecule has 0 aromatic carbocycles. The zero-order valence-corrected chi connectivity index (χ0v) is 15.1. The predicted octanol–water partition coefficient (Wildman–Crippen LogP) is 2.13. The number of nitrogens with two attached hydrogens (primary N) is 1. The highest BCUT2D eigenvalue weighted by Gasteiger charge is 2.17. The molecular formula is C17H22N4O3S. The maximum Gasteiger partial charge on any atom is 0.332 e. The lowest BCUT2D eigenvalue weighted by atomic mass is 10.3. The highest BCUT2D eigenvalue weighted by atomic mass is 32.1. The fraction of sp³-hybridized carbons (Fsp3) is 0.353. The Bertz CT molecular complexity index is 879. The molecule has 7 nitrogen and oxygen atoms in total. The van der Waals surface area contributed by atoms with Gasteiger partial charge in [0.05, 0.1) is 0 Å². The van der Waals surface area contributed by atoms with Crippen LogP contribution < -0.4 is 22.3 Å². The molecule has 2 rings (SSSR count). The zero-order valence-electron chi connectivity index (χ0n) is 14.3. The first-order chi connectivity index (χ1) is 12.0. The molecule has 0 aliphatic rings. The van der Waals surface area contributed by atoms with E-state index < -0.39 is 17.2 Å². The van der Waals surface area contributed by atoms with Crippen molar-refractivity contribution in [3.05, 3.63) is 49.3 Å². The van der Waals surface area contributed by atoms with E-state index in [9.17, 15) is 14.4 Å². The molecule has 0 unspecified atom stereocenters. The third-order valence-corrected chi connectivity index (χ3v) is 4.39. The highest BCUT2D eigenvalue weighted by Crippen LogP contribution is 2.13. The van der Waals surface area contributed by atoms with Crippen LogP contribution in [-0.4, -0.2) is 15.0 Å². The first kappa shape index (κ1) is 18.7. The highest BCUT2D eigenvalue weighted by molar-refractivity contribution is 7.10. The normalized spacial score (nSPS) is 11.1. The van der Waals surface area contributed by atoms with Crippen molar-refractivity contribution in [2.45, 2.75) is 39.8 Å². The average molecular weight is 362 g/mol. The Labute approximate surface area is 149 Å². The molecule has 2 aromatic rings. The molecule has 0 bridgehead atoms. The number of carbonyl (C=O) groups is 1. The summed E-state index contributed by atoms with van der Waals surface area (Å²) in [6.45, 7) is 4.43. The van der Waals surface area contributed by atoms with E-state index in [-0.39, 0.29) is 18.1 Å². The van der Waals surface area contributed by atoms with Crippen molar-refractivity contribution < 1.29 is 4.79 Å². The molecule has 134 valence electrons. The van der Waals surface area contributed by atoms with Crippen LogP contribution in [0.1, 0.15) is 31.6 Å². The molecule has 0 saturated heterocycles. The summed E-state index contributed by atoms with van der Waals surface area (Å²) >= 11 is 1.49. The molecule has 25 heavy (non-hydrogen) atoms. The molecule has 0 radical (unpaired) electrons. The Hall–Kier alpha value is -2.61. The van der Waals surface area contributed by atoms with Gasteiger partial charge in [-0.25, -0.2) is 4.79 Å². The molecular weight excluding hydrogens is 340 g/mol. The van der Waals surface area contributed by atoms with E-state index in [1.165, 1.54) is 22.0 Å². The second-order valence-electron chi connectivity index (χ2n) is 5.49. The van der Waals surface area contributed by atoms with Gasteiger partial charge in [-0.1, -0.05) is 19.9 Å². The number of amides is 1. The molecule has 0 fully saturated rings. The van der Waals surface area contributed by atoms with Crippen molar-refractivity contribution in [1.29, 1.82) is 0 Å². The van der Waals surface area contributed by atoms with Crippen LogP contribution in [0.25, 0.3) is 6.08 Å². The van der Waals surface area contributed by atoms with E-state index in [1.54, 1.807) is 6.08 Å². The van der Waals surface area contributed by atoms with Gasteiger partial charge in [0.1, 0.15) is 11.5 Å². The van der Waals surface area contributed by atoms with E-state index in [0.29, 0.717) is 19.4 Å². The summed E-state index contributed by atoms with van der Waals surface area (Å²) < 4.78 is 2.44. The van der Waals surface area contributed by atoms with Gasteiger partial charge in [0.25, 0.3) is 5.56 Å². The number of aromatic nitrogens is 2. The summed E-state index contributed by atoms with van der Waals surface area (Å²) in [6, 6.07) is 3.75. The SMILES string of the molecule is CCCn1c(N)c(NC(=O)/C=C/c2cccs2)c(=O)n(CCC)c1=O. The summed E-state index contributed by atoms with van der Waals surface area (Å²) in [7, 11) is 0. The van der Waals surface area contributed by atoms with Crippen molar-refractivity contribution in [2.75, 3.05) is 11.1 Å². The van der Waals surface area contributed by atoms with E-state index in [4.69, 9.17) is 5.73 Å². The maximum atomic E-state index is 12.6. The Kier molecular flexibility index (Phi) is 6.35. The summed E-state index contributed by atoms with van der Waals surface area (Å²) in [5, 5.41) is 4.43. The van der Waals surface area contributed by atoms with Gasteiger partial charge in [-0.05, 0) is 30.4 Å². The Balaban J connectivity index is 2.40. The number of nitrogen functional groups attached to an aromatic ring is 1. The molecule has 3 N–H and O–H groups in total. The number of hydrogen-bond acceptors (Lipinski definition) is 5. The van der Waals surface area contributed by atoms with Crippen molar-refractivity contribution >= 4 is 34.8 Å². The van der Waals surface area contributed by atoms with Gasteiger partial charge >= 0.3 is 5.69 Å². The first-order valence-corrected chi connectivity index (χ1v) is 9.03. The third-order valence-electron chi connectivity index (χ3n) is 3.55. The van der Waals surface area contributed by atoms with Crippen LogP contribution in [0, 0.1) is 0 Å². The number of hydrogen-bond donors (Lipinski definition) is 2. The number of rotatable bonds is 7. The van der Waals surface area contributed by atoms with Crippen molar-refractivity contribution in [2.24, 2.45) is 0 Å². The molecule has 2 heterocycles. The van der Waals surface area contributed by atoms with Crippen LogP contribution in [0.15, 0.2) is 33.2 Å². The minimum absolute atomic E-state index is 0.0120. The Morgan fingerprint density at radius 2 is 1.92 bits per heavy atom. The smallest absolute Gasteiger partial charge is 0.332 e. The van der Waals surface area contributed by atoms with Crippen LogP contribution in [0.5, 0.6) is 0 Å². The Morgan fingerprint density at radius 3 is 2.52 bits per heavy atom. The van der Waals surface area contributed by atoms with Crippen LogP contribution in [0.4, 0.5) is 11.5 Å². The lowest BCUT2D eigenvalue weighted by molar-refractivity contribution is -0.111. The fourth-order valence-electron chi connectivity index (χ4n) is 2.40. The van der Waals surface area contributed by atoms with Gasteiger partial charge in [0.15, 0.2) is 0 Å². The molecule has 0 saturated carbocycles. The number of nitrogens with zero attached hydrogens (tertiary/aromatic N) is 2. The molecule has 0 aliphatic heterocycles. The molecule has 0 spiro atoms. The minimum atomic E-state index is -0.574. The number of thiophene rings is 1. The summed E-state index contributed by atoms with van der Waals surface area (Å²) in [5.41, 5.74) is 4.91. The van der Waals surface area contributed by atoms with Crippen molar-refractivity contribution in [3.8, 4) is 0 Å². The second kappa shape index (κ2) is 8.48. The van der Waals surface area contributed by atoms with Gasteiger partial charge in [-0.15, -0.1) is 11.3 Å². The maximum absolute atomic E-state index is 12.6. The monoisotopic (exact) mass is 362 g/mol. The fourth-order valence-corrected chi connectivity index (χ4v) is 3.02. The predicted molar refractivity (Wildman–Crippen MR) is 102 cm³/mol. The molecule has 0 atom stereocenters. The van der Waals surface area contributed by atoms with Gasteiger partial charge in [0, 0.05) is 24.0 Å². The zero-order chi connectivity index (χ0) is 18.4. The van der Waals surface area contributed by atoms with Gasteiger partial charge < -0.3 is 11.1 Å². The van der Waals surface area contributed by atoms with Gasteiger partial charge in [-0.3, -0.25) is 18.7 Å². The Morgan fingerprint density at radius 1 is 1.24 bits per heavy atom. The second-order valence-corrected chi connectivity index (χ2v) is 6.47. The van der Waals surface area contributed by atoms with Crippen molar-refractivity contribution in [3.63, 3.8) is 0 Å². The standard InChI is InChI=1S/C17H22N4O3S/c1-3-9-20-15(18)14(16(23)21(10-4-2)17(20)24)19-13(22)8-7-12-6-5-11-25-12/h5-8,11H,3-4,9-10,18H2,1-2H3,(H,19,22)/b8-7+. The third kappa shape index (κ3) is 4.27. The number of carbonyl (C=O) groups excluding carboxylic acids is 1. The molecule has 0 aliphatic carbocycles. The number of nitrogens with one attached hydrogen (secondary N) is 1. The minimum Gasteiger partial charge on any atom is -0.383 e.